The second-order valence-electron chi connectivity index (χ2n) is 7.60. The van der Waals surface area contributed by atoms with E-state index in [1.807, 2.05) is 0 Å². The Bertz CT molecular complexity index is 988. The molecule has 9 heteroatoms. The molecule has 0 saturated carbocycles. The Morgan fingerprint density at radius 3 is 2.09 bits per heavy atom. The molecule has 0 radical (unpaired) electrons. The summed E-state index contributed by atoms with van der Waals surface area (Å²) in [5.74, 6) is -2.98. The van der Waals surface area contributed by atoms with Gasteiger partial charge in [0, 0.05) is 11.6 Å². The van der Waals surface area contributed by atoms with E-state index in [9.17, 15) is 31.1 Å². The second-order valence-corrected chi connectivity index (χ2v) is 7.98. The minimum absolute atomic E-state index is 0.0777. The lowest BCUT2D eigenvalue weighted by molar-refractivity contribution is -0.153. The van der Waals surface area contributed by atoms with Crippen molar-refractivity contribution in [2.75, 3.05) is 0 Å². The number of alkyl halides is 6. The average Bonchev–Trinajstić information content (AvgIpc) is 2.63. The topological polar surface area (TPSA) is 29.1 Å². The van der Waals surface area contributed by atoms with Crippen LogP contribution in [0.5, 0.6) is 0 Å². The summed E-state index contributed by atoms with van der Waals surface area (Å²) in [5, 5.41) is 2.61. The van der Waals surface area contributed by atoms with Crippen molar-refractivity contribution in [2.45, 2.75) is 52.0 Å². The van der Waals surface area contributed by atoms with Gasteiger partial charge in [0.05, 0.1) is 5.92 Å². The number of rotatable bonds is 6. The molecule has 2 rings (SSSR count). The molecule has 0 bridgehead atoms. The summed E-state index contributed by atoms with van der Waals surface area (Å²) >= 11 is 6.07. The van der Waals surface area contributed by atoms with Gasteiger partial charge in [-0.25, -0.2) is 0 Å². The summed E-state index contributed by atoms with van der Waals surface area (Å²) in [4.78, 5) is 11.3. The van der Waals surface area contributed by atoms with E-state index in [0.29, 0.717) is 32.8 Å². The predicted octanol–water partition coefficient (Wildman–Crippen LogP) is 7.19. The number of benzene rings is 2. The highest BCUT2D eigenvalue weighted by molar-refractivity contribution is 6.32. The normalized spacial score (nSPS) is 13.4. The lowest BCUT2D eigenvalue weighted by Crippen LogP contribution is -2.28. The molecule has 0 aliphatic rings. The van der Waals surface area contributed by atoms with Gasteiger partial charge in [-0.15, -0.1) is 0 Å². The monoisotopic (exact) mass is 477 g/mol. The van der Waals surface area contributed by atoms with Crippen molar-refractivity contribution in [3.63, 3.8) is 0 Å². The molecular weight excluding hydrogens is 456 g/mol. The number of hydrogen-bond acceptors (Lipinski definition) is 1. The smallest absolute Gasteiger partial charge is 0.352 e. The van der Waals surface area contributed by atoms with E-state index < -0.39 is 30.6 Å². The zero-order chi connectivity index (χ0) is 24.3. The van der Waals surface area contributed by atoms with Crippen LogP contribution in [0.15, 0.2) is 36.4 Å². The van der Waals surface area contributed by atoms with E-state index in [0.717, 1.165) is 6.08 Å². The zero-order valence-electron chi connectivity index (χ0n) is 17.6. The van der Waals surface area contributed by atoms with Crippen LogP contribution in [-0.2, 0) is 11.3 Å². The highest BCUT2D eigenvalue weighted by Crippen LogP contribution is 2.38. The third kappa shape index (κ3) is 7.29. The van der Waals surface area contributed by atoms with E-state index >= 15 is 0 Å². The van der Waals surface area contributed by atoms with Crippen LogP contribution in [0.4, 0.5) is 26.3 Å². The van der Waals surface area contributed by atoms with Crippen molar-refractivity contribution >= 4 is 23.6 Å². The Labute approximate surface area is 187 Å². The maximum atomic E-state index is 13.7. The third-order valence-corrected chi connectivity index (χ3v) is 5.45. The van der Waals surface area contributed by atoms with Crippen LogP contribution in [-0.4, -0.2) is 18.3 Å². The van der Waals surface area contributed by atoms with E-state index in [1.54, 1.807) is 39.0 Å². The maximum Gasteiger partial charge on any atom is 0.399 e. The first-order valence-electron chi connectivity index (χ1n) is 9.62. The standard InChI is InChI=1S/C23H22ClF6NO/c1-13-8-16(4-6-17(13)12-31-20(32)11-22(25,26)27)5-7-19(23(28,29)30)18-9-14(2)21(24)15(3)10-18/h4-10,19H,11-12H2,1-3H3,(H,31,32)/b7-5+. The molecule has 0 saturated heterocycles. The molecule has 0 aliphatic heterocycles. The van der Waals surface area contributed by atoms with E-state index in [-0.39, 0.29) is 12.1 Å². The molecule has 2 aromatic rings. The van der Waals surface area contributed by atoms with E-state index in [1.165, 1.54) is 18.2 Å². The number of halogens is 7. The molecule has 0 heterocycles. The van der Waals surface area contributed by atoms with Gasteiger partial charge in [-0.05, 0) is 54.2 Å². The Kier molecular flexibility index (Phi) is 8.04. The van der Waals surface area contributed by atoms with Gasteiger partial charge in [-0.1, -0.05) is 54.1 Å². The average molecular weight is 478 g/mol. The molecule has 2 aromatic carbocycles. The van der Waals surface area contributed by atoms with Crippen LogP contribution in [0.1, 0.15) is 45.7 Å². The fraction of sp³-hybridized carbons (Fsp3) is 0.348. The highest BCUT2D eigenvalue weighted by atomic mass is 35.5. The van der Waals surface area contributed by atoms with Gasteiger partial charge >= 0.3 is 12.4 Å². The van der Waals surface area contributed by atoms with Crippen LogP contribution in [0, 0.1) is 20.8 Å². The molecule has 32 heavy (non-hydrogen) atoms. The Balaban J connectivity index is 2.20. The predicted molar refractivity (Wildman–Crippen MR) is 112 cm³/mol. The van der Waals surface area contributed by atoms with Crippen LogP contribution in [0.2, 0.25) is 5.02 Å². The molecule has 1 unspecified atom stereocenters. The largest absolute Gasteiger partial charge is 0.399 e. The van der Waals surface area contributed by atoms with Crippen LogP contribution in [0.25, 0.3) is 6.08 Å². The Morgan fingerprint density at radius 1 is 1.00 bits per heavy atom. The molecule has 1 N–H and O–H groups in total. The maximum absolute atomic E-state index is 13.7. The minimum atomic E-state index is -4.59. The Morgan fingerprint density at radius 2 is 1.59 bits per heavy atom. The quantitative estimate of drug-likeness (QED) is 0.438. The van der Waals surface area contributed by atoms with Crippen LogP contribution >= 0.6 is 11.6 Å². The number of nitrogens with one attached hydrogen (secondary N) is 1. The van der Waals surface area contributed by atoms with Crippen molar-refractivity contribution in [3.05, 3.63) is 74.8 Å². The molecule has 174 valence electrons. The van der Waals surface area contributed by atoms with Crippen molar-refractivity contribution in [1.82, 2.24) is 5.32 Å². The number of hydrogen-bond donors (Lipinski definition) is 1. The molecule has 0 fully saturated rings. The minimum Gasteiger partial charge on any atom is -0.352 e. The van der Waals surface area contributed by atoms with Crippen LogP contribution < -0.4 is 5.32 Å². The van der Waals surface area contributed by atoms with Crippen molar-refractivity contribution in [2.24, 2.45) is 0 Å². The number of amides is 1. The van der Waals surface area contributed by atoms with Gasteiger partial charge in [0.25, 0.3) is 0 Å². The van der Waals surface area contributed by atoms with E-state index in [2.05, 4.69) is 5.32 Å². The number of aryl methyl sites for hydroxylation is 3. The van der Waals surface area contributed by atoms with Crippen molar-refractivity contribution < 1.29 is 31.1 Å². The summed E-state index contributed by atoms with van der Waals surface area (Å²) in [7, 11) is 0. The highest BCUT2D eigenvalue weighted by Gasteiger charge is 2.39. The first-order chi connectivity index (χ1) is 14.7. The lowest BCUT2D eigenvalue weighted by Gasteiger charge is -2.19. The fourth-order valence-electron chi connectivity index (χ4n) is 3.23. The summed E-state index contributed by atoms with van der Waals surface area (Å²) in [6.45, 7) is 4.84. The molecule has 1 atom stereocenters. The van der Waals surface area contributed by atoms with Gasteiger partial charge in [0.1, 0.15) is 6.42 Å². The summed E-state index contributed by atoms with van der Waals surface area (Å²) in [5.41, 5.74) is 2.86. The SMILES string of the molecule is Cc1cc(/C=C/C(c2cc(C)c(Cl)c(C)c2)C(F)(F)F)ccc1CNC(=O)CC(F)(F)F. The van der Waals surface area contributed by atoms with E-state index in [4.69, 9.17) is 11.6 Å². The van der Waals surface area contributed by atoms with Gasteiger partial charge in [-0.2, -0.15) is 26.3 Å². The number of carbonyl (C=O) groups excluding carboxylic acids is 1. The molecule has 1 amide bonds. The molecular formula is C23H22ClF6NO. The molecule has 0 aromatic heterocycles. The first-order valence-corrected chi connectivity index (χ1v) is 9.99. The summed E-state index contributed by atoms with van der Waals surface area (Å²) < 4.78 is 77.8. The van der Waals surface area contributed by atoms with Crippen LogP contribution in [0.3, 0.4) is 0 Å². The molecule has 0 spiro atoms. The third-order valence-electron chi connectivity index (χ3n) is 4.86. The van der Waals surface area contributed by atoms with Crippen molar-refractivity contribution in [1.29, 1.82) is 0 Å². The molecule has 0 aliphatic carbocycles. The summed E-state index contributed by atoms with van der Waals surface area (Å²) in [6, 6.07) is 7.53. The van der Waals surface area contributed by atoms with Gasteiger partial charge in [0.2, 0.25) is 5.91 Å². The zero-order valence-corrected chi connectivity index (χ0v) is 18.3. The second kappa shape index (κ2) is 9.98. The van der Waals surface area contributed by atoms with Gasteiger partial charge in [0.15, 0.2) is 0 Å². The molecule has 2 nitrogen and oxygen atoms in total. The van der Waals surface area contributed by atoms with Gasteiger partial charge < -0.3 is 5.32 Å². The lowest BCUT2D eigenvalue weighted by atomic mass is 9.93. The first kappa shape index (κ1) is 25.8. The summed E-state index contributed by atoms with van der Waals surface area (Å²) in [6.07, 6.45) is -8.28. The Hall–Kier alpha value is -2.48. The number of carbonyl (C=O) groups is 1. The number of allylic oxidation sites excluding steroid dienone is 1. The van der Waals surface area contributed by atoms with Gasteiger partial charge in [-0.3, -0.25) is 4.79 Å². The fourth-order valence-corrected chi connectivity index (χ4v) is 3.34. The van der Waals surface area contributed by atoms with Crippen molar-refractivity contribution in [3.8, 4) is 0 Å².